The van der Waals surface area contributed by atoms with Gasteiger partial charge in [-0.05, 0) is 12.0 Å². The number of nitrogens with zero attached hydrogens (tertiary/aromatic N) is 2. The van der Waals surface area contributed by atoms with Gasteiger partial charge in [0.15, 0.2) is 0 Å². The Labute approximate surface area is 119 Å². The summed E-state index contributed by atoms with van der Waals surface area (Å²) in [4.78, 5) is 13.4. The Morgan fingerprint density at radius 3 is 2.95 bits per heavy atom. The van der Waals surface area contributed by atoms with E-state index in [0.29, 0.717) is 6.54 Å². The SMILES string of the molecule is COC(=O)NC1CCN(CC(C#N)c2ccccc2)C1. The zero-order chi connectivity index (χ0) is 14.4. The molecular weight excluding hydrogens is 254 g/mol. The monoisotopic (exact) mass is 273 g/mol. The van der Waals surface area contributed by atoms with Crippen LogP contribution in [0, 0.1) is 11.3 Å². The van der Waals surface area contributed by atoms with Gasteiger partial charge in [-0.1, -0.05) is 30.3 Å². The quantitative estimate of drug-likeness (QED) is 0.907. The molecule has 106 valence electrons. The summed E-state index contributed by atoms with van der Waals surface area (Å²) in [5, 5.41) is 12.1. The van der Waals surface area contributed by atoms with E-state index in [-0.39, 0.29) is 12.0 Å². The van der Waals surface area contributed by atoms with Crippen LogP contribution >= 0.6 is 0 Å². The molecule has 2 unspecified atom stereocenters. The molecule has 1 amide bonds. The Morgan fingerprint density at radius 1 is 1.55 bits per heavy atom. The molecule has 0 aliphatic carbocycles. The number of nitrogens with one attached hydrogen (secondary N) is 1. The van der Waals surface area contributed by atoms with Crippen molar-refractivity contribution in [2.75, 3.05) is 26.7 Å². The molecule has 1 fully saturated rings. The number of amides is 1. The van der Waals surface area contributed by atoms with Crippen LogP contribution in [-0.4, -0.2) is 43.8 Å². The van der Waals surface area contributed by atoms with Crippen molar-refractivity contribution in [3.63, 3.8) is 0 Å². The summed E-state index contributed by atoms with van der Waals surface area (Å²) in [5.41, 5.74) is 1.04. The fourth-order valence-corrected chi connectivity index (χ4v) is 2.51. The van der Waals surface area contributed by atoms with Gasteiger partial charge >= 0.3 is 6.09 Å². The molecule has 5 heteroatoms. The molecule has 1 saturated heterocycles. The van der Waals surface area contributed by atoms with Crippen molar-refractivity contribution in [1.82, 2.24) is 10.2 Å². The van der Waals surface area contributed by atoms with Crippen LogP contribution in [0.1, 0.15) is 17.9 Å². The van der Waals surface area contributed by atoms with E-state index in [4.69, 9.17) is 0 Å². The molecule has 2 atom stereocenters. The Morgan fingerprint density at radius 2 is 2.30 bits per heavy atom. The second kappa shape index (κ2) is 6.92. The van der Waals surface area contributed by atoms with Gasteiger partial charge in [-0.3, -0.25) is 4.90 Å². The largest absolute Gasteiger partial charge is 0.453 e. The number of ether oxygens (including phenoxy) is 1. The molecule has 0 bridgehead atoms. The third-order valence-corrected chi connectivity index (χ3v) is 3.58. The number of methoxy groups -OCH3 is 1. The van der Waals surface area contributed by atoms with Crippen LogP contribution in [0.5, 0.6) is 0 Å². The Hall–Kier alpha value is -2.06. The summed E-state index contributed by atoms with van der Waals surface area (Å²) in [6, 6.07) is 12.3. The van der Waals surface area contributed by atoms with Crippen LogP contribution in [0.2, 0.25) is 0 Å². The Kier molecular flexibility index (Phi) is 4.97. The molecule has 0 aromatic heterocycles. The van der Waals surface area contributed by atoms with Gasteiger partial charge in [-0.15, -0.1) is 0 Å². The predicted octanol–water partition coefficient (Wildman–Crippen LogP) is 1.72. The fraction of sp³-hybridized carbons (Fsp3) is 0.467. The molecule has 2 rings (SSSR count). The molecule has 1 aliphatic rings. The smallest absolute Gasteiger partial charge is 0.407 e. The first kappa shape index (κ1) is 14.4. The van der Waals surface area contributed by atoms with Crippen molar-refractivity contribution < 1.29 is 9.53 Å². The zero-order valence-corrected chi connectivity index (χ0v) is 11.6. The van der Waals surface area contributed by atoms with E-state index in [2.05, 4.69) is 21.0 Å². The van der Waals surface area contributed by atoms with Crippen LogP contribution in [0.3, 0.4) is 0 Å². The highest BCUT2D eigenvalue weighted by Crippen LogP contribution is 2.19. The minimum Gasteiger partial charge on any atom is -0.453 e. The standard InChI is InChI=1S/C15H19N3O2/c1-20-15(19)17-14-7-8-18(11-14)10-13(9-16)12-5-3-2-4-6-12/h2-6,13-14H,7-8,10-11H2,1H3,(H,17,19). The molecule has 1 aliphatic heterocycles. The van der Waals surface area contributed by atoms with Crippen molar-refractivity contribution in [1.29, 1.82) is 5.26 Å². The van der Waals surface area contributed by atoms with Crippen LogP contribution < -0.4 is 5.32 Å². The lowest BCUT2D eigenvalue weighted by atomic mass is 10.0. The molecule has 1 heterocycles. The number of rotatable bonds is 4. The maximum Gasteiger partial charge on any atom is 0.407 e. The van der Waals surface area contributed by atoms with Gasteiger partial charge in [0, 0.05) is 25.7 Å². The third kappa shape index (κ3) is 3.72. The number of alkyl carbamates (subject to hydrolysis) is 1. The van der Waals surface area contributed by atoms with Crippen molar-refractivity contribution in [2.45, 2.75) is 18.4 Å². The lowest BCUT2D eigenvalue weighted by Crippen LogP contribution is -2.37. The molecule has 1 N–H and O–H groups in total. The number of hydrogen-bond acceptors (Lipinski definition) is 4. The molecule has 1 aromatic rings. The summed E-state index contributed by atoms with van der Waals surface area (Å²) >= 11 is 0. The van der Waals surface area contributed by atoms with Crippen molar-refractivity contribution in [2.24, 2.45) is 0 Å². The van der Waals surface area contributed by atoms with Gasteiger partial charge < -0.3 is 10.1 Å². The van der Waals surface area contributed by atoms with Gasteiger partial charge in [-0.2, -0.15) is 5.26 Å². The summed E-state index contributed by atoms with van der Waals surface area (Å²) in [5.74, 6) is -0.131. The van der Waals surface area contributed by atoms with Gasteiger partial charge in [0.25, 0.3) is 0 Å². The van der Waals surface area contributed by atoms with Crippen LogP contribution in [-0.2, 0) is 4.74 Å². The van der Waals surface area contributed by atoms with E-state index in [9.17, 15) is 10.1 Å². The van der Waals surface area contributed by atoms with E-state index < -0.39 is 6.09 Å². The second-order valence-electron chi connectivity index (χ2n) is 4.97. The predicted molar refractivity (Wildman–Crippen MR) is 75.2 cm³/mol. The van der Waals surface area contributed by atoms with Crippen molar-refractivity contribution in [3.8, 4) is 6.07 Å². The minimum absolute atomic E-state index is 0.109. The fourth-order valence-electron chi connectivity index (χ4n) is 2.51. The molecule has 0 spiro atoms. The van der Waals surface area contributed by atoms with E-state index in [1.807, 2.05) is 30.3 Å². The van der Waals surface area contributed by atoms with Gasteiger partial charge in [-0.25, -0.2) is 4.79 Å². The van der Waals surface area contributed by atoms with Crippen molar-refractivity contribution in [3.05, 3.63) is 35.9 Å². The number of benzene rings is 1. The first-order valence-corrected chi connectivity index (χ1v) is 6.74. The lowest BCUT2D eigenvalue weighted by molar-refractivity contribution is 0.166. The number of likely N-dealkylation sites (tertiary alicyclic amines) is 1. The molecule has 5 nitrogen and oxygen atoms in total. The maximum atomic E-state index is 11.2. The average Bonchev–Trinajstić information content (AvgIpc) is 2.92. The van der Waals surface area contributed by atoms with Gasteiger partial charge in [0.2, 0.25) is 0 Å². The number of hydrogen-bond donors (Lipinski definition) is 1. The molecule has 20 heavy (non-hydrogen) atoms. The summed E-state index contributed by atoms with van der Waals surface area (Å²) in [7, 11) is 1.36. The minimum atomic E-state index is -0.392. The van der Waals surface area contributed by atoms with Gasteiger partial charge in [0.05, 0.1) is 19.1 Å². The third-order valence-electron chi connectivity index (χ3n) is 3.58. The summed E-state index contributed by atoms with van der Waals surface area (Å²) < 4.78 is 4.60. The first-order valence-electron chi connectivity index (χ1n) is 6.74. The van der Waals surface area contributed by atoms with E-state index >= 15 is 0 Å². The zero-order valence-electron chi connectivity index (χ0n) is 11.6. The highest BCUT2D eigenvalue weighted by Gasteiger charge is 2.26. The summed E-state index contributed by atoms with van der Waals surface area (Å²) in [6.07, 6.45) is 0.499. The molecule has 1 aromatic carbocycles. The topological polar surface area (TPSA) is 65.4 Å². The Bertz CT molecular complexity index is 484. The first-order chi connectivity index (χ1) is 9.72. The highest BCUT2D eigenvalue weighted by molar-refractivity contribution is 5.67. The molecule has 0 radical (unpaired) electrons. The molecule has 0 saturated carbocycles. The summed E-state index contributed by atoms with van der Waals surface area (Å²) in [6.45, 7) is 2.35. The van der Waals surface area contributed by atoms with Gasteiger partial charge in [0.1, 0.15) is 0 Å². The van der Waals surface area contributed by atoms with Crippen molar-refractivity contribution >= 4 is 6.09 Å². The number of carbonyl (C=O) groups is 1. The molecular formula is C15H19N3O2. The second-order valence-corrected chi connectivity index (χ2v) is 4.97. The van der Waals surface area contributed by atoms with Crippen LogP contribution in [0.4, 0.5) is 4.79 Å². The van der Waals surface area contributed by atoms with Crippen LogP contribution in [0.15, 0.2) is 30.3 Å². The normalized spacial score (nSPS) is 20.1. The van der Waals surface area contributed by atoms with Crippen LogP contribution in [0.25, 0.3) is 0 Å². The van der Waals surface area contributed by atoms with E-state index in [1.54, 1.807) is 0 Å². The number of carbonyl (C=O) groups excluding carboxylic acids is 1. The Balaban J connectivity index is 1.88. The van der Waals surface area contributed by atoms with E-state index in [0.717, 1.165) is 25.1 Å². The van der Waals surface area contributed by atoms with E-state index in [1.165, 1.54) is 7.11 Å². The number of nitriles is 1. The maximum absolute atomic E-state index is 11.2. The highest BCUT2D eigenvalue weighted by atomic mass is 16.5. The lowest BCUT2D eigenvalue weighted by Gasteiger charge is -2.19. The average molecular weight is 273 g/mol.